The van der Waals surface area contributed by atoms with Crippen molar-refractivity contribution in [3.05, 3.63) is 54.6 Å². The fourth-order valence-electron chi connectivity index (χ4n) is 3.18. The number of carbonyl (C=O) groups is 1. The fraction of sp³-hybridized carbons (Fsp3) is 0.421. The maximum absolute atomic E-state index is 12.8. The molecular weight excluding hydrogens is 330 g/mol. The molecule has 26 heavy (non-hydrogen) atoms. The minimum atomic E-state index is 0.0777. The Hall–Kier alpha value is -2.67. The summed E-state index contributed by atoms with van der Waals surface area (Å²) in [5.74, 6) is 0.869. The highest BCUT2D eigenvalue weighted by Gasteiger charge is 2.22. The number of hydrogen-bond donors (Lipinski definition) is 0. The van der Waals surface area contributed by atoms with E-state index in [1.165, 1.54) is 0 Å². The number of hydrogen-bond acceptors (Lipinski definition) is 5. The molecule has 2 aromatic rings. The summed E-state index contributed by atoms with van der Waals surface area (Å²) in [6.07, 6.45) is 5.77. The van der Waals surface area contributed by atoms with Gasteiger partial charge in [-0.05, 0) is 30.2 Å². The van der Waals surface area contributed by atoms with Gasteiger partial charge < -0.3 is 9.64 Å². The number of methoxy groups -OCH3 is 1. The first-order valence-electron chi connectivity index (χ1n) is 8.83. The van der Waals surface area contributed by atoms with Crippen LogP contribution in [0.4, 0.5) is 0 Å². The van der Waals surface area contributed by atoms with Crippen LogP contribution in [0.15, 0.2) is 43.5 Å². The van der Waals surface area contributed by atoms with Crippen molar-refractivity contribution in [2.24, 2.45) is 0 Å². The zero-order chi connectivity index (χ0) is 18.4. The number of aromatic nitrogens is 3. The lowest BCUT2D eigenvalue weighted by Crippen LogP contribution is -2.49. The van der Waals surface area contributed by atoms with E-state index in [2.05, 4.69) is 21.6 Å². The van der Waals surface area contributed by atoms with Crippen LogP contribution < -0.4 is 4.74 Å². The van der Waals surface area contributed by atoms with E-state index in [0.717, 1.165) is 50.6 Å². The lowest BCUT2D eigenvalue weighted by atomic mass is 10.1. The summed E-state index contributed by atoms with van der Waals surface area (Å²) in [6, 6.07) is 5.62. The van der Waals surface area contributed by atoms with E-state index in [0.29, 0.717) is 12.0 Å². The molecule has 7 heteroatoms. The molecule has 0 radical (unpaired) electrons. The van der Waals surface area contributed by atoms with E-state index in [-0.39, 0.29) is 5.91 Å². The summed E-state index contributed by atoms with van der Waals surface area (Å²) in [6.45, 7) is 8.72. The molecular formula is C19H25N5O2. The van der Waals surface area contributed by atoms with Gasteiger partial charge in [-0.25, -0.2) is 4.98 Å². The third-order valence-electron chi connectivity index (χ3n) is 4.66. The Bertz CT molecular complexity index is 736. The smallest absolute Gasteiger partial charge is 0.253 e. The van der Waals surface area contributed by atoms with Crippen LogP contribution in [0.1, 0.15) is 15.9 Å². The molecule has 1 saturated heterocycles. The van der Waals surface area contributed by atoms with Crippen LogP contribution in [0.5, 0.6) is 5.75 Å². The second kappa shape index (κ2) is 8.62. The first kappa shape index (κ1) is 18.1. The van der Waals surface area contributed by atoms with Crippen molar-refractivity contribution in [2.45, 2.75) is 13.0 Å². The number of amides is 1. The number of ether oxygens (including phenoxy) is 1. The van der Waals surface area contributed by atoms with E-state index in [4.69, 9.17) is 4.74 Å². The number of rotatable bonds is 7. The van der Waals surface area contributed by atoms with Crippen LogP contribution in [0.2, 0.25) is 0 Å². The maximum Gasteiger partial charge on any atom is 0.253 e. The van der Waals surface area contributed by atoms with Crippen LogP contribution in [-0.2, 0) is 13.0 Å². The Morgan fingerprint density at radius 1 is 1.27 bits per heavy atom. The van der Waals surface area contributed by atoms with Gasteiger partial charge in [0.2, 0.25) is 0 Å². The number of carbonyl (C=O) groups excluding carboxylic acids is 1. The van der Waals surface area contributed by atoms with Gasteiger partial charge in [0.05, 0.1) is 13.7 Å². The maximum atomic E-state index is 12.8. The highest BCUT2D eigenvalue weighted by molar-refractivity contribution is 5.94. The van der Waals surface area contributed by atoms with Gasteiger partial charge >= 0.3 is 0 Å². The molecule has 138 valence electrons. The van der Waals surface area contributed by atoms with Crippen LogP contribution in [0, 0.1) is 0 Å². The second-order valence-electron chi connectivity index (χ2n) is 6.31. The summed E-state index contributed by atoms with van der Waals surface area (Å²) in [5, 5.41) is 4.12. The van der Waals surface area contributed by atoms with E-state index >= 15 is 0 Å². The van der Waals surface area contributed by atoms with E-state index in [1.54, 1.807) is 19.8 Å². The molecule has 0 unspecified atom stereocenters. The molecule has 1 aliphatic rings. The van der Waals surface area contributed by atoms with Gasteiger partial charge in [-0.3, -0.25) is 14.4 Å². The second-order valence-corrected chi connectivity index (χ2v) is 6.31. The van der Waals surface area contributed by atoms with Gasteiger partial charge in [-0.1, -0.05) is 6.08 Å². The number of piperazine rings is 1. The Balaban J connectivity index is 1.56. The van der Waals surface area contributed by atoms with E-state index < -0.39 is 0 Å². The monoisotopic (exact) mass is 355 g/mol. The largest absolute Gasteiger partial charge is 0.496 e. The minimum Gasteiger partial charge on any atom is -0.496 e. The van der Waals surface area contributed by atoms with Crippen LogP contribution in [-0.4, -0.2) is 70.3 Å². The average Bonchev–Trinajstić information content (AvgIpc) is 3.20. The van der Waals surface area contributed by atoms with E-state index in [9.17, 15) is 4.79 Å². The Labute approximate surface area is 153 Å². The predicted molar refractivity (Wildman–Crippen MR) is 99.3 cm³/mol. The van der Waals surface area contributed by atoms with Gasteiger partial charge in [0.25, 0.3) is 5.91 Å². The zero-order valence-electron chi connectivity index (χ0n) is 15.2. The lowest BCUT2D eigenvalue weighted by molar-refractivity contribution is 0.0632. The molecule has 0 N–H and O–H groups in total. The molecule has 1 aromatic carbocycles. The molecule has 0 spiro atoms. The average molecular weight is 355 g/mol. The SMILES string of the molecule is C=CCc1cc(C(=O)N2CCN(CCn3cncn3)CC2)ccc1OC. The topological polar surface area (TPSA) is 63.5 Å². The van der Waals surface area contributed by atoms with Crippen LogP contribution in [0.25, 0.3) is 0 Å². The minimum absolute atomic E-state index is 0.0777. The van der Waals surface area contributed by atoms with Gasteiger partial charge in [0.1, 0.15) is 18.4 Å². The highest BCUT2D eigenvalue weighted by Crippen LogP contribution is 2.22. The van der Waals surface area contributed by atoms with Crippen molar-refractivity contribution >= 4 is 5.91 Å². The molecule has 0 aliphatic carbocycles. The summed E-state index contributed by atoms with van der Waals surface area (Å²) in [7, 11) is 1.64. The van der Waals surface area contributed by atoms with Gasteiger partial charge in [0.15, 0.2) is 0 Å². The van der Waals surface area contributed by atoms with Crippen molar-refractivity contribution in [3.8, 4) is 5.75 Å². The van der Waals surface area contributed by atoms with Gasteiger partial charge in [0, 0.05) is 38.3 Å². The molecule has 1 fully saturated rings. The normalized spacial score (nSPS) is 15.0. The first-order chi connectivity index (χ1) is 12.7. The number of benzene rings is 1. The molecule has 3 rings (SSSR count). The van der Waals surface area contributed by atoms with E-state index in [1.807, 2.05) is 33.9 Å². The van der Waals surface area contributed by atoms with Gasteiger partial charge in [-0.15, -0.1) is 6.58 Å². The van der Waals surface area contributed by atoms with Crippen molar-refractivity contribution in [1.29, 1.82) is 0 Å². The van der Waals surface area contributed by atoms with Crippen molar-refractivity contribution in [3.63, 3.8) is 0 Å². The third kappa shape index (κ3) is 4.29. The molecule has 0 atom stereocenters. The molecule has 0 saturated carbocycles. The van der Waals surface area contributed by atoms with Crippen molar-refractivity contribution < 1.29 is 9.53 Å². The van der Waals surface area contributed by atoms with Crippen LogP contribution >= 0.6 is 0 Å². The summed E-state index contributed by atoms with van der Waals surface area (Å²) >= 11 is 0. The Morgan fingerprint density at radius 2 is 2.08 bits per heavy atom. The van der Waals surface area contributed by atoms with Gasteiger partial charge in [-0.2, -0.15) is 5.10 Å². The molecule has 1 aliphatic heterocycles. The zero-order valence-corrected chi connectivity index (χ0v) is 15.2. The summed E-state index contributed by atoms with van der Waals surface area (Å²) < 4.78 is 7.19. The molecule has 1 aromatic heterocycles. The Morgan fingerprint density at radius 3 is 2.73 bits per heavy atom. The summed E-state index contributed by atoms with van der Waals surface area (Å²) in [4.78, 5) is 21.1. The van der Waals surface area contributed by atoms with Crippen molar-refractivity contribution in [1.82, 2.24) is 24.6 Å². The predicted octanol–water partition coefficient (Wildman–Crippen LogP) is 1.47. The molecule has 0 bridgehead atoms. The number of nitrogens with zero attached hydrogens (tertiary/aromatic N) is 5. The quantitative estimate of drug-likeness (QED) is 0.704. The summed E-state index contributed by atoms with van der Waals surface area (Å²) in [5.41, 5.74) is 1.69. The fourth-order valence-corrected chi connectivity index (χ4v) is 3.18. The molecule has 7 nitrogen and oxygen atoms in total. The standard InChI is InChI=1S/C19H25N5O2/c1-3-4-16-13-17(5-6-18(16)26-2)19(25)23-10-7-22(8-11-23)9-12-24-15-20-14-21-24/h3,5-6,13-15H,1,4,7-12H2,2H3. The van der Waals surface area contributed by atoms with Crippen molar-refractivity contribution in [2.75, 3.05) is 39.8 Å². The molecule has 1 amide bonds. The number of allylic oxidation sites excluding steroid dienone is 1. The molecule has 2 heterocycles. The highest BCUT2D eigenvalue weighted by atomic mass is 16.5. The van der Waals surface area contributed by atoms with Crippen LogP contribution in [0.3, 0.4) is 0 Å². The third-order valence-corrected chi connectivity index (χ3v) is 4.66. The first-order valence-corrected chi connectivity index (χ1v) is 8.83. The Kier molecular flexibility index (Phi) is 6.01. The lowest BCUT2D eigenvalue weighted by Gasteiger charge is -2.34.